The molecule has 1 N–H and O–H groups in total. The molecule has 6 heteroatoms. The van der Waals surface area contributed by atoms with Gasteiger partial charge in [0.25, 0.3) is 5.56 Å². The highest BCUT2D eigenvalue weighted by Crippen LogP contribution is 2.38. The first-order valence-electron chi connectivity index (χ1n) is 8.11. The fourth-order valence-corrected chi connectivity index (χ4v) is 4.13. The molecule has 0 saturated carbocycles. The number of H-pyrrole nitrogens is 1. The molecule has 0 spiro atoms. The van der Waals surface area contributed by atoms with Gasteiger partial charge in [-0.05, 0) is 17.2 Å². The standard InChI is InChI=1S/C20H12N4OS/c25-19-18-17(22-24-23-19)16-14(12-7-3-1-4-8-12)11-15(21-20(16)26-18)13-9-5-2-6-10-13/h1-11H,(H,22,23,25). The second kappa shape index (κ2) is 5.86. The smallest absolute Gasteiger partial charge is 0.266 e. The second-order valence-corrected chi connectivity index (χ2v) is 6.89. The Balaban J connectivity index is 1.93. The van der Waals surface area contributed by atoms with Crippen LogP contribution in [0.15, 0.2) is 71.5 Å². The van der Waals surface area contributed by atoms with Crippen LogP contribution in [0.4, 0.5) is 0 Å². The van der Waals surface area contributed by atoms with Crippen LogP contribution in [0.2, 0.25) is 0 Å². The molecule has 0 fully saturated rings. The molecule has 0 saturated heterocycles. The molecule has 0 aliphatic heterocycles. The number of hydrogen-bond donors (Lipinski definition) is 1. The maximum Gasteiger partial charge on any atom is 0.285 e. The number of rotatable bonds is 2. The Labute approximate surface area is 152 Å². The first kappa shape index (κ1) is 14.9. The summed E-state index contributed by atoms with van der Waals surface area (Å²) < 4.78 is 0.546. The highest BCUT2D eigenvalue weighted by atomic mass is 32.1. The van der Waals surface area contributed by atoms with Crippen LogP contribution in [-0.2, 0) is 0 Å². The average molecular weight is 356 g/mol. The highest BCUT2D eigenvalue weighted by molar-refractivity contribution is 7.25. The number of fused-ring (bicyclic) bond motifs is 3. The molecule has 3 heterocycles. The van der Waals surface area contributed by atoms with Gasteiger partial charge in [-0.15, -0.1) is 16.4 Å². The van der Waals surface area contributed by atoms with Gasteiger partial charge in [-0.3, -0.25) is 4.79 Å². The Morgan fingerprint density at radius 3 is 2.31 bits per heavy atom. The Morgan fingerprint density at radius 2 is 1.58 bits per heavy atom. The van der Waals surface area contributed by atoms with Crippen molar-refractivity contribution in [3.05, 3.63) is 77.1 Å². The summed E-state index contributed by atoms with van der Waals surface area (Å²) in [5, 5.41) is 11.2. The van der Waals surface area contributed by atoms with Crippen molar-refractivity contribution in [3.8, 4) is 22.4 Å². The predicted octanol–water partition coefficient (Wildman–Crippen LogP) is 4.26. The molecule has 0 unspecified atom stereocenters. The van der Waals surface area contributed by atoms with Gasteiger partial charge in [-0.2, -0.15) is 0 Å². The van der Waals surface area contributed by atoms with E-state index in [9.17, 15) is 4.79 Å². The second-order valence-electron chi connectivity index (χ2n) is 5.89. The van der Waals surface area contributed by atoms with Gasteiger partial charge >= 0.3 is 0 Å². The zero-order valence-corrected chi connectivity index (χ0v) is 14.3. The molecule has 5 rings (SSSR count). The summed E-state index contributed by atoms with van der Waals surface area (Å²) in [6, 6.07) is 22.2. The number of pyridine rings is 1. The van der Waals surface area contributed by atoms with Gasteiger partial charge in [-0.25, -0.2) is 10.1 Å². The normalized spacial score (nSPS) is 11.2. The van der Waals surface area contributed by atoms with Gasteiger partial charge in [0.2, 0.25) is 0 Å². The summed E-state index contributed by atoms with van der Waals surface area (Å²) in [7, 11) is 0. The molecule has 0 aliphatic rings. The molecule has 0 amide bonds. The number of nitrogens with one attached hydrogen (secondary N) is 1. The van der Waals surface area contributed by atoms with Crippen LogP contribution in [-0.4, -0.2) is 20.4 Å². The van der Waals surface area contributed by atoms with Crippen molar-refractivity contribution >= 4 is 31.8 Å². The molecule has 5 aromatic rings. The van der Waals surface area contributed by atoms with Crippen molar-refractivity contribution in [3.63, 3.8) is 0 Å². The van der Waals surface area contributed by atoms with Crippen LogP contribution >= 0.6 is 11.3 Å². The Kier molecular flexibility index (Phi) is 3.36. The molecule has 5 nitrogen and oxygen atoms in total. The lowest BCUT2D eigenvalue weighted by Gasteiger charge is -2.08. The molecule has 0 aliphatic carbocycles. The average Bonchev–Trinajstić information content (AvgIpc) is 3.09. The number of thiophene rings is 1. The Hall–Kier alpha value is -3.38. The number of benzene rings is 2. The molecule has 124 valence electrons. The van der Waals surface area contributed by atoms with Crippen molar-refractivity contribution in [2.24, 2.45) is 0 Å². The molecular weight excluding hydrogens is 344 g/mol. The van der Waals surface area contributed by atoms with Crippen molar-refractivity contribution in [1.82, 2.24) is 20.4 Å². The van der Waals surface area contributed by atoms with Crippen LogP contribution < -0.4 is 5.56 Å². The third-order valence-corrected chi connectivity index (χ3v) is 5.37. The quantitative estimate of drug-likeness (QED) is 0.513. The van der Waals surface area contributed by atoms with E-state index in [1.807, 2.05) is 60.7 Å². The first-order valence-corrected chi connectivity index (χ1v) is 8.92. The van der Waals surface area contributed by atoms with E-state index in [-0.39, 0.29) is 5.56 Å². The van der Waals surface area contributed by atoms with Crippen LogP contribution in [0.5, 0.6) is 0 Å². The summed E-state index contributed by atoms with van der Waals surface area (Å²) in [5.41, 5.74) is 4.31. The van der Waals surface area contributed by atoms with Gasteiger partial charge in [0, 0.05) is 10.9 Å². The van der Waals surface area contributed by atoms with Crippen LogP contribution in [0, 0.1) is 0 Å². The third kappa shape index (κ3) is 2.31. The lowest BCUT2D eigenvalue weighted by atomic mass is 10.00. The lowest BCUT2D eigenvalue weighted by Crippen LogP contribution is -2.07. The van der Waals surface area contributed by atoms with Gasteiger partial charge in [0.05, 0.1) is 5.69 Å². The van der Waals surface area contributed by atoms with Crippen LogP contribution in [0.1, 0.15) is 0 Å². The fraction of sp³-hybridized carbons (Fsp3) is 0. The van der Waals surface area contributed by atoms with Gasteiger partial charge in [0.1, 0.15) is 15.0 Å². The SMILES string of the molecule is O=c1[nH]nnc2c1sc1nc(-c3ccccc3)cc(-c3ccccc3)c12. The fourth-order valence-electron chi connectivity index (χ4n) is 3.11. The van der Waals surface area contributed by atoms with Gasteiger partial charge in [0.15, 0.2) is 0 Å². The summed E-state index contributed by atoms with van der Waals surface area (Å²) in [6.07, 6.45) is 0. The first-order chi connectivity index (χ1) is 12.8. The van der Waals surface area contributed by atoms with Gasteiger partial charge < -0.3 is 0 Å². The zero-order valence-electron chi connectivity index (χ0n) is 13.5. The van der Waals surface area contributed by atoms with Crippen LogP contribution in [0.25, 0.3) is 42.8 Å². The minimum Gasteiger partial charge on any atom is -0.266 e. The Morgan fingerprint density at radius 1 is 0.885 bits per heavy atom. The van der Waals surface area contributed by atoms with Crippen molar-refractivity contribution in [2.75, 3.05) is 0 Å². The van der Waals surface area contributed by atoms with E-state index in [2.05, 4.69) is 21.5 Å². The molecule has 3 aromatic heterocycles. The largest absolute Gasteiger partial charge is 0.285 e. The van der Waals surface area contributed by atoms with Crippen molar-refractivity contribution in [2.45, 2.75) is 0 Å². The van der Waals surface area contributed by atoms with Crippen LogP contribution in [0.3, 0.4) is 0 Å². The maximum atomic E-state index is 12.2. The molecular formula is C20H12N4OS. The summed E-state index contributed by atoms with van der Waals surface area (Å²) >= 11 is 1.35. The topological polar surface area (TPSA) is 71.5 Å². The molecule has 0 bridgehead atoms. The Bertz CT molecular complexity index is 1290. The van der Waals surface area contributed by atoms with Gasteiger partial charge in [-0.1, -0.05) is 65.9 Å². The predicted molar refractivity (Wildman–Crippen MR) is 104 cm³/mol. The number of nitrogens with zero attached hydrogens (tertiary/aromatic N) is 3. The number of hydrogen-bond acceptors (Lipinski definition) is 5. The number of aromatic nitrogens is 4. The molecule has 26 heavy (non-hydrogen) atoms. The minimum atomic E-state index is -0.238. The van der Waals surface area contributed by atoms with E-state index < -0.39 is 0 Å². The van der Waals surface area contributed by atoms with E-state index in [1.54, 1.807) is 0 Å². The molecule has 0 atom stereocenters. The zero-order chi connectivity index (χ0) is 17.5. The number of aromatic amines is 1. The molecule has 2 aromatic carbocycles. The minimum absolute atomic E-state index is 0.238. The van der Waals surface area contributed by atoms with E-state index in [1.165, 1.54) is 11.3 Å². The maximum absolute atomic E-state index is 12.2. The highest BCUT2D eigenvalue weighted by Gasteiger charge is 2.17. The third-order valence-electron chi connectivity index (χ3n) is 4.30. The van der Waals surface area contributed by atoms with E-state index in [0.29, 0.717) is 10.2 Å². The summed E-state index contributed by atoms with van der Waals surface area (Å²) in [6.45, 7) is 0. The van der Waals surface area contributed by atoms with E-state index >= 15 is 0 Å². The summed E-state index contributed by atoms with van der Waals surface area (Å²) in [4.78, 5) is 17.8. The van der Waals surface area contributed by atoms with Crippen molar-refractivity contribution < 1.29 is 0 Å². The monoisotopic (exact) mass is 356 g/mol. The summed E-state index contributed by atoms with van der Waals surface area (Å²) in [5.74, 6) is 0. The van der Waals surface area contributed by atoms with E-state index in [0.717, 1.165) is 32.6 Å². The van der Waals surface area contributed by atoms with E-state index in [4.69, 9.17) is 4.98 Å². The molecule has 0 radical (unpaired) electrons. The lowest BCUT2D eigenvalue weighted by molar-refractivity contribution is 0.876. The van der Waals surface area contributed by atoms with Crippen molar-refractivity contribution in [1.29, 1.82) is 0 Å².